The van der Waals surface area contributed by atoms with Crippen LogP contribution in [0.5, 0.6) is 0 Å². The van der Waals surface area contributed by atoms with Crippen molar-refractivity contribution >= 4 is 11.8 Å². The molecule has 0 spiro atoms. The molecule has 6 heteroatoms. The van der Waals surface area contributed by atoms with E-state index in [1.54, 1.807) is 6.20 Å². The van der Waals surface area contributed by atoms with E-state index in [1.807, 2.05) is 30.8 Å². The molecule has 1 aromatic heterocycles. The third-order valence-electron chi connectivity index (χ3n) is 3.21. The predicted octanol–water partition coefficient (Wildman–Crippen LogP) is 0.399. The van der Waals surface area contributed by atoms with Crippen molar-refractivity contribution < 1.29 is 9.59 Å². The van der Waals surface area contributed by atoms with Gasteiger partial charge in [0.25, 0.3) is 0 Å². The van der Waals surface area contributed by atoms with E-state index in [0.29, 0.717) is 6.54 Å². The Hall–Kier alpha value is -1.69. The van der Waals surface area contributed by atoms with Gasteiger partial charge in [-0.25, -0.2) is 0 Å². The van der Waals surface area contributed by atoms with Gasteiger partial charge in [-0.2, -0.15) is 5.10 Å². The molecule has 1 fully saturated rings. The van der Waals surface area contributed by atoms with Crippen molar-refractivity contribution in [2.24, 2.45) is 0 Å². The molecule has 0 saturated carbocycles. The van der Waals surface area contributed by atoms with Crippen molar-refractivity contribution in [2.75, 3.05) is 6.54 Å². The van der Waals surface area contributed by atoms with E-state index in [9.17, 15) is 9.59 Å². The number of hydrogen-bond donors (Lipinski definition) is 1. The van der Waals surface area contributed by atoms with Gasteiger partial charge in [0, 0.05) is 25.0 Å². The summed E-state index contributed by atoms with van der Waals surface area (Å²) in [6.07, 6.45) is 4.80. The first kappa shape index (κ1) is 13.7. The Balaban J connectivity index is 1.75. The molecule has 2 amide bonds. The van der Waals surface area contributed by atoms with Gasteiger partial charge in [0.15, 0.2) is 0 Å². The van der Waals surface area contributed by atoms with Crippen LogP contribution in [0, 0.1) is 0 Å². The van der Waals surface area contributed by atoms with Gasteiger partial charge in [-0.1, -0.05) is 0 Å². The van der Waals surface area contributed by atoms with Crippen molar-refractivity contribution in [2.45, 2.75) is 45.3 Å². The van der Waals surface area contributed by atoms with Gasteiger partial charge in [0.2, 0.25) is 11.8 Å². The molecule has 0 bridgehead atoms. The first-order valence-electron chi connectivity index (χ1n) is 6.66. The largest absolute Gasteiger partial charge is 0.305 e. The summed E-state index contributed by atoms with van der Waals surface area (Å²) in [7, 11) is 0. The van der Waals surface area contributed by atoms with Gasteiger partial charge in [-0.3, -0.25) is 19.2 Å². The quantitative estimate of drug-likeness (QED) is 0.596. The number of imide groups is 1. The molecule has 1 unspecified atom stereocenters. The van der Waals surface area contributed by atoms with Gasteiger partial charge < -0.3 is 5.32 Å². The highest BCUT2D eigenvalue weighted by Crippen LogP contribution is 2.15. The number of carbonyl (C=O) groups excluding carboxylic acids is 2. The maximum Gasteiger partial charge on any atom is 0.247 e. The molecular formula is C13H20N4O2. The van der Waals surface area contributed by atoms with E-state index in [-0.39, 0.29) is 30.3 Å². The first-order valence-corrected chi connectivity index (χ1v) is 6.66. The van der Waals surface area contributed by atoms with E-state index in [1.165, 1.54) is 4.90 Å². The summed E-state index contributed by atoms with van der Waals surface area (Å²) in [6.45, 7) is 5.23. The lowest BCUT2D eigenvalue weighted by molar-refractivity contribution is -0.140. The number of rotatable bonds is 6. The molecule has 1 atom stereocenters. The zero-order valence-electron chi connectivity index (χ0n) is 11.4. The number of nitrogens with zero attached hydrogens (tertiary/aromatic N) is 3. The monoisotopic (exact) mass is 264 g/mol. The fourth-order valence-corrected chi connectivity index (χ4v) is 2.30. The predicted molar refractivity (Wildman–Crippen MR) is 70.2 cm³/mol. The second kappa shape index (κ2) is 5.97. The van der Waals surface area contributed by atoms with Crippen LogP contribution in [0.25, 0.3) is 0 Å². The normalized spacial score (nSPS) is 19.7. The second-order valence-corrected chi connectivity index (χ2v) is 5.03. The van der Waals surface area contributed by atoms with Gasteiger partial charge >= 0.3 is 0 Å². The molecule has 2 rings (SSSR count). The number of aryl methyl sites for hydroxylation is 1. The summed E-state index contributed by atoms with van der Waals surface area (Å²) in [4.78, 5) is 25.1. The first-order chi connectivity index (χ1) is 9.09. The van der Waals surface area contributed by atoms with Gasteiger partial charge in [0.05, 0.1) is 12.5 Å². The highest BCUT2D eigenvalue weighted by Gasteiger charge is 2.39. The number of carbonyl (C=O) groups is 2. The minimum Gasteiger partial charge on any atom is -0.305 e. The van der Waals surface area contributed by atoms with Crippen molar-refractivity contribution in [3.63, 3.8) is 0 Å². The minimum atomic E-state index is -0.354. The molecule has 1 aromatic rings. The Morgan fingerprint density at radius 2 is 2.26 bits per heavy atom. The van der Waals surface area contributed by atoms with E-state index >= 15 is 0 Å². The summed E-state index contributed by atoms with van der Waals surface area (Å²) in [5, 5.41) is 7.26. The molecule has 6 nitrogen and oxygen atoms in total. The molecule has 0 aromatic carbocycles. The standard InChI is InChI=1S/C13H20N4O2/c1-10(2)17-12(18)9-11(13(17)19)14-5-3-7-16-8-4-6-15-16/h4,6,8,10-11,14H,3,5,7,9H2,1-2H3. The molecule has 104 valence electrons. The van der Waals surface area contributed by atoms with Crippen LogP contribution < -0.4 is 5.32 Å². The summed E-state index contributed by atoms with van der Waals surface area (Å²) in [6, 6.07) is 1.47. The molecule has 0 aliphatic carbocycles. The van der Waals surface area contributed by atoms with Gasteiger partial charge in [-0.15, -0.1) is 0 Å². The number of aromatic nitrogens is 2. The molecule has 1 aliphatic heterocycles. The third kappa shape index (κ3) is 3.20. The Kier molecular flexibility index (Phi) is 4.31. The van der Waals surface area contributed by atoms with E-state index in [0.717, 1.165) is 13.0 Å². The van der Waals surface area contributed by atoms with Crippen LogP contribution in [-0.2, 0) is 16.1 Å². The molecule has 0 radical (unpaired) electrons. The lowest BCUT2D eigenvalue weighted by atomic mass is 10.2. The third-order valence-corrected chi connectivity index (χ3v) is 3.21. The summed E-state index contributed by atoms with van der Waals surface area (Å²) < 4.78 is 1.85. The summed E-state index contributed by atoms with van der Waals surface area (Å²) >= 11 is 0. The van der Waals surface area contributed by atoms with Gasteiger partial charge in [0.1, 0.15) is 0 Å². The maximum atomic E-state index is 12.0. The molecule has 1 N–H and O–H groups in total. The Morgan fingerprint density at radius 1 is 1.47 bits per heavy atom. The highest BCUT2D eigenvalue weighted by molar-refractivity contribution is 6.05. The Labute approximate surface area is 112 Å². The van der Waals surface area contributed by atoms with Crippen LogP contribution in [0.3, 0.4) is 0 Å². The van der Waals surface area contributed by atoms with Crippen molar-refractivity contribution in [3.8, 4) is 0 Å². The number of hydrogen-bond acceptors (Lipinski definition) is 4. The van der Waals surface area contributed by atoms with Crippen molar-refractivity contribution in [1.82, 2.24) is 20.0 Å². The minimum absolute atomic E-state index is 0.0594. The summed E-state index contributed by atoms with van der Waals surface area (Å²) in [5.74, 6) is -0.177. The second-order valence-electron chi connectivity index (χ2n) is 5.03. The molecule has 1 saturated heterocycles. The van der Waals surface area contributed by atoms with Crippen LogP contribution in [0.1, 0.15) is 26.7 Å². The average molecular weight is 264 g/mol. The Morgan fingerprint density at radius 3 is 2.84 bits per heavy atom. The SMILES string of the molecule is CC(C)N1C(=O)CC(NCCCn2cccn2)C1=O. The zero-order valence-corrected chi connectivity index (χ0v) is 11.4. The molecular weight excluding hydrogens is 244 g/mol. The van der Waals surface area contributed by atoms with Crippen LogP contribution in [0.4, 0.5) is 0 Å². The lowest BCUT2D eigenvalue weighted by Crippen LogP contribution is -2.42. The van der Waals surface area contributed by atoms with E-state index in [4.69, 9.17) is 0 Å². The van der Waals surface area contributed by atoms with Crippen LogP contribution in [0.15, 0.2) is 18.5 Å². The molecule has 19 heavy (non-hydrogen) atoms. The van der Waals surface area contributed by atoms with Crippen molar-refractivity contribution in [3.05, 3.63) is 18.5 Å². The van der Waals surface area contributed by atoms with E-state index < -0.39 is 0 Å². The zero-order chi connectivity index (χ0) is 13.8. The van der Waals surface area contributed by atoms with Crippen molar-refractivity contribution in [1.29, 1.82) is 0 Å². The smallest absolute Gasteiger partial charge is 0.247 e. The number of nitrogens with one attached hydrogen (secondary N) is 1. The fourth-order valence-electron chi connectivity index (χ4n) is 2.30. The van der Waals surface area contributed by atoms with Gasteiger partial charge in [-0.05, 0) is 32.9 Å². The lowest BCUT2D eigenvalue weighted by Gasteiger charge is -2.19. The fraction of sp³-hybridized carbons (Fsp3) is 0.615. The highest BCUT2D eigenvalue weighted by atomic mass is 16.2. The average Bonchev–Trinajstić information content (AvgIpc) is 2.93. The number of amides is 2. The van der Waals surface area contributed by atoms with Crippen LogP contribution in [0.2, 0.25) is 0 Å². The maximum absolute atomic E-state index is 12.0. The molecule has 1 aliphatic rings. The summed E-state index contributed by atoms with van der Waals surface area (Å²) in [5.41, 5.74) is 0. The molecule has 2 heterocycles. The van der Waals surface area contributed by atoms with Crippen LogP contribution in [-0.4, -0.2) is 45.1 Å². The number of likely N-dealkylation sites (tertiary alicyclic amines) is 1. The van der Waals surface area contributed by atoms with E-state index in [2.05, 4.69) is 10.4 Å². The van der Waals surface area contributed by atoms with Crippen LogP contribution >= 0.6 is 0 Å². The Bertz CT molecular complexity index is 442. The topological polar surface area (TPSA) is 67.2 Å².